The second-order valence-electron chi connectivity index (χ2n) is 13.9. The molecule has 2 heterocycles. The monoisotopic (exact) mass is 550 g/mol. The number of hydrogen-bond donors (Lipinski definition) is 4. The molecule has 1 saturated heterocycles. The number of carbonyl (C=O) groups excluding carboxylic acids is 1. The summed E-state index contributed by atoms with van der Waals surface area (Å²) >= 11 is 0. The van der Waals surface area contributed by atoms with Gasteiger partial charge in [0.05, 0.1) is 23.4 Å². The molecule has 0 radical (unpaired) electrons. The predicted octanol–water partition coefficient (Wildman–Crippen LogP) is 2.23. The van der Waals surface area contributed by atoms with E-state index in [2.05, 4.69) is 13.8 Å². The molecule has 0 amide bonds. The van der Waals surface area contributed by atoms with Gasteiger partial charge in [0.1, 0.15) is 24.9 Å². The van der Waals surface area contributed by atoms with Crippen LogP contribution in [0, 0.1) is 28.6 Å². The van der Waals surface area contributed by atoms with Gasteiger partial charge < -0.3 is 39.4 Å². The van der Waals surface area contributed by atoms with Crippen LogP contribution < -0.4 is 0 Å². The highest BCUT2D eigenvalue weighted by atomic mass is 16.7. The zero-order valence-corrected chi connectivity index (χ0v) is 23.7. The number of aliphatic hydroxyl groups excluding tert-OH is 2. The van der Waals surface area contributed by atoms with E-state index < -0.39 is 41.9 Å². The lowest BCUT2D eigenvalue weighted by Crippen LogP contribution is -2.67. The molecule has 4 saturated carbocycles. The lowest BCUT2D eigenvalue weighted by molar-refractivity contribution is -0.321. The summed E-state index contributed by atoms with van der Waals surface area (Å²) in [6.45, 7) is 6.48. The molecule has 39 heavy (non-hydrogen) atoms. The minimum atomic E-state index is -1.13. The van der Waals surface area contributed by atoms with E-state index in [1.807, 2.05) is 0 Å². The molecule has 0 aromatic rings. The molecule has 4 N–H and O–H groups in total. The van der Waals surface area contributed by atoms with Gasteiger partial charge in [-0.1, -0.05) is 13.8 Å². The van der Waals surface area contributed by atoms with Crippen molar-refractivity contribution in [1.82, 2.24) is 0 Å². The van der Waals surface area contributed by atoms with Gasteiger partial charge in [0.25, 0.3) is 0 Å². The molecule has 0 spiro atoms. The average molecular weight is 551 g/mol. The van der Waals surface area contributed by atoms with E-state index >= 15 is 0 Å². The van der Waals surface area contributed by atoms with Gasteiger partial charge in [0.2, 0.25) is 0 Å². The summed E-state index contributed by atoms with van der Waals surface area (Å²) in [5.41, 5.74) is -1.43. The van der Waals surface area contributed by atoms with Gasteiger partial charge in [-0.15, -0.1) is 0 Å². The van der Waals surface area contributed by atoms with Crippen LogP contribution in [-0.2, 0) is 23.7 Å². The number of ether oxygens (including phenoxy) is 4. The van der Waals surface area contributed by atoms with E-state index in [1.54, 1.807) is 13.0 Å². The number of fused-ring (bicyclic) bond motifs is 5. The average Bonchev–Trinajstić information content (AvgIpc) is 3.43. The molecule has 0 aromatic carbocycles. The zero-order chi connectivity index (χ0) is 28.0. The fraction of sp³-hybridized carbons (Fsp3) is 0.900. The molecule has 2 aliphatic heterocycles. The summed E-state index contributed by atoms with van der Waals surface area (Å²) < 4.78 is 22.6. The molecule has 6 rings (SSSR count). The first kappa shape index (κ1) is 28.1. The Morgan fingerprint density at radius 1 is 0.949 bits per heavy atom. The summed E-state index contributed by atoms with van der Waals surface area (Å²) in [4.78, 5) is 11.8. The first-order valence-corrected chi connectivity index (χ1v) is 14.9. The quantitative estimate of drug-likeness (QED) is 0.307. The van der Waals surface area contributed by atoms with Crippen molar-refractivity contribution in [3.63, 3.8) is 0 Å². The van der Waals surface area contributed by atoms with Crippen molar-refractivity contribution in [3.8, 4) is 0 Å². The van der Waals surface area contributed by atoms with Crippen LogP contribution in [0.1, 0.15) is 78.6 Å². The second-order valence-corrected chi connectivity index (χ2v) is 13.9. The third kappa shape index (κ3) is 3.94. The Morgan fingerprint density at radius 2 is 1.67 bits per heavy atom. The van der Waals surface area contributed by atoms with Crippen LogP contribution in [-0.4, -0.2) is 88.1 Å². The maximum Gasteiger partial charge on any atom is 0.331 e. The topological polar surface area (TPSA) is 135 Å². The molecular formula is C30H46O9. The highest BCUT2D eigenvalue weighted by Crippen LogP contribution is 2.70. The largest absolute Gasteiger partial charge is 0.458 e. The smallest absolute Gasteiger partial charge is 0.331 e. The van der Waals surface area contributed by atoms with Crippen LogP contribution in [0.3, 0.4) is 0 Å². The molecule has 9 nitrogen and oxygen atoms in total. The Morgan fingerprint density at radius 3 is 2.36 bits per heavy atom. The van der Waals surface area contributed by atoms with Gasteiger partial charge in [0.15, 0.2) is 6.29 Å². The minimum Gasteiger partial charge on any atom is -0.458 e. The SMILES string of the molecule is CO[C@H]1[C@@H](O)[C@H](C)O[C@H](O[C@H]2CC[C@]3(C)[C@H]4CC[C@]5(C)[C@@H](C6=CC(=O)OC6)CC[C@]5(O)[C@@H]4CC[C@]3(O)C2)[C@@H]1O. The normalized spacial score (nSPS) is 55.3. The van der Waals surface area contributed by atoms with Gasteiger partial charge in [-0.05, 0) is 87.0 Å². The lowest BCUT2D eigenvalue weighted by atomic mass is 9.42. The highest BCUT2D eigenvalue weighted by Gasteiger charge is 2.70. The first-order chi connectivity index (χ1) is 18.4. The van der Waals surface area contributed by atoms with Crippen molar-refractivity contribution < 1.29 is 44.2 Å². The molecule has 5 fully saturated rings. The Hall–Kier alpha value is -1.07. The number of hydrogen-bond acceptors (Lipinski definition) is 9. The molecule has 220 valence electrons. The zero-order valence-electron chi connectivity index (χ0n) is 23.7. The highest BCUT2D eigenvalue weighted by molar-refractivity contribution is 5.85. The maximum absolute atomic E-state index is 12.4. The minimum absolute atomic E-state index is 0.0934. The van der Waals surface area contributed by atoms with E-state index in [0.29, 0.717) is 32.3 Å². The number of methoxy groups -OCH3 is 1. The second kappa shape index (κ2) is 9.48. The van der Waals surface area contributed by atoms with Gasteiger partial charge in [-0.2, -0.15) is 0 Å². The molecule has 0 bridgehead atoms. The maximum atomic E-state index is 12.4. The predicted molar refractivity (Wildman–Crippen MR) is 139 cm³/mol. The lowest BCUT2D eigenvalue weighted by Gasteiger charge is -2.66. The van der Waals surface area contributed by atoms with Gasteiger partial charge in [-0.25, -0.2) is 4.79 Å². The van der Waals surface area contributed by atoms with Crippen molar-refractivity contribution in [2.75, 3.05) is 13.7 Å². The summed E-state index contributed by atoms with van der Waals surface area (Å²) in [7, 11) is 1.45. The van der Waals surface area contributed by atoms with Crippen LogP contribution in [0.25, 0.3) is 0 Å². The van der Waals surface area contributed by atoms with E-state index in [1.165, 1.54) is 7.11 Å². The van der Waals surface area contributed by atoms with Gasteiger partial charge in [-0.3, -0.25) is 0 Å². The van der Waals surface area contributed by atoms with Crippen LogP contribution in [0.5, 0.6) is 0 Å². The first-order valence-electron chi connectivity index (χ1n) is 14.9. The number of cyclic esters (lactones) is 1. The van der Waals surface area contributed by atoms with Crippen molar-refractivity contribution in [3.05, 3.63) is 11.6 Å². The van der Waals surface area contributed by atoms with Crippen LogP contribution >= 0.6 is 0 Å². The van der Waals surface area contributed by atoms with E-state index in [0.717, 1.165) is 37.7 Å². The van der Waals surface area contributed by atoms with E-state index in [9.17, 15) is 25.2 Å². The van der Waals surface area contributed by atoms with Gasteiger partial charge in [0, 0.05) is 25.0 Å². The molecule has 0 unspecified atom stereocenters. The van der Waals surface area contributed by atoms with Gasteiger partial charge >= 0.3 is 5.97 Å². The Balaban J connectivity index is 1.19. The third-order valence-corrected chi connectivity index (χ3v) is 12.5. The summed E-state index contributed by atoms with van der Waals surface area (Å²) in [6.07, 6.45) is 3.58. The summed E-state index contributed by atoms with van der Waals surface area (Å²) in [5, 5.41) is 45.7. The number of rotatable bonds is 4. The van der Waals surface area contributed by atoms with Crippen LogP contribution in [0.2, 0.25) is 0 Å². The molecule has 13 atom stereocenters. The van der Waals surface area contributed by atoms with E-state index in [4.69, 9.17) is 18.9 Å². The van der Waals surface area contributed by atoms with Crippen molar-refractivity contribution in [2.24, 2.45) is 28.6 Å². The molecule has 0 aromatic heterocycles. The fourth-order valence-corrected chi connectivity index (χ4v) is 10.1. The van der Waals surface area contributed by atoms with Crippen molar-refractivity contribution >= 4 is 5.97 Å². The number of aliphatic hydroxyl groups is 4. The Bertz CT molecular complexity index is 1020. The third-order valence-electron chi connectivity index (χ3n) is 12.5. The fourth-order valence-electron chi connectivity index (χ4n) is 10.1. The Labute approximate surface area is 230 Å². The number of esters is 1. The van der Waals surface area contributed by atoms with Crippen molar-refractivity contribution in [2.45, 2.75) is 127 Å². The standard InChI is InChI=1S/C30H46O9/c1-16-23(32)25(36-4)24(33)26(38-16)39-18-5-9-27(2)20-6-10-28(3)19(17-13-22(31)37-15-17)8-12-30(28,35)21(20)7-11-29(27,34)14-18/h13,16,18-21,23-26,32-35H,5-12,14-15H2,1-4H3/t16-,18-,19+,20-,21+,23-,24+,25-,26+,27+,28+,29-,30-/m0/s1. The van der Waals surface area contributed by atoms with Crippen LogP contribution in [0.15, 0.2) is 11.6 Å². The Kier molecular flexibility index (Phi) is 6.82. The van der Waals surface area contributed by atoms with Crippen LogP contribution in [0.4, 0.5) is 0 Å². The van der Waals surface area contributed by atoms with E-state index in [-0.39, 0.29) is 40.7 Å². The molecule has 9 heteroatoms. The molecular weight excluding hydrogens is 504 g/mol. The number of carbonyl (C=O) groups is 1. The summed E-state index contributed by atoms with van der Waals surface area (Å²) in [5.74, 6) is 0.151. The molecule has 4 aliphatic carbocycles. The van der Waals surface area contributed by atoms with Crippen molar-refractivity contribution in [1.29, 1.82) is 0 Å². The molecule has 6 aliphatic rings. The summed E-state index contributed by atoms with van der Waals surface area (Å²) in [6, 6.07) is 0.